The minimum Gasteiger partial charge on any atom is -0.521 e. The van der Waals surface area contributed by atoms with Gasteiger partial charge in [-0.1, -0.05) is 6.92 Å². The zero-order valence-corrected chi connectivity index (χ0v) is 14.8. The molecule has 124 valence electrons. The van der Waals surface area contributed by atoms with Crippen LogP contribution in [-0.4, -0.2) is 60.6 Å². The zero-order chi connectivity index (χ0) is 15.5. The Morgan fingerprint density at radius 2 is 1.85 bits per heavy atom. The van der Waals surface area contributed by atoms with Gasteiger partial charge in [0.1, 0.15) is 5.60 Å². The molecule has 0 spiro atoms. The minimum absolute atomic E-state index is 0. The summed E-state index contributed by atoms with van der Waals surface area (Å²) in [6, 6.07) is 0. The molecule has 0 aromatic heterocycles. The number of amides is 1. The Morgan fingerprint density at radius 1 is 1.35 bits per heavy atom. The van der Waals surface area contributed by atoms with E-state index in [2.05, 4.69) is 0 Å². The van der Waals surface area contributed by atoms with Crippen molar-refractivity contribution < 1.29 is 24.2 Å². The van der Waals surface area contributed by atoms with Crippen LogP contribution in [0, 0.1) is 0 Å². The molecule has 0 atom stereocenters. The van der Waals surface area contributed by atoms with E-state index in [0.29, 0.717) is 6.54 Å². The molecule has 2 N–H and O–H groups in total. The number of carbonyl (C=O) groups is 2. The van der Waals surface area contributed by atoms with E-state index in [9.17, 15) is 14.4 Å². The first-order valence-electron chi connectivity index (χ1n) is 5.84. The molecule has 0 rings (SSSR count). The number of hydrogen-bond acceptors (Lipinski definition) is 5. The molecule has 0 unspecified atom stereocenters. The monoisotopic (exact) mass is 532 g/mol. The smallest absolute Gasteiger partial charge is 0.320 e. The second-order valence-electron chi connectivity index (χ2n) is 4.77. The van der Waals surface area contributed by atoms with Crippen LogP contribution in [0.3, 0.4) is 0 Å². The molecule has 0 fully saturated rings. The Labute approximate surface area is 113 Å². The van der Waals surface area contributed by atoms with E-state index in [1.165, 1.54) is 6.41 Å². The van der Waals surface area contributed by atoms with Gasteiger partial charge in [0, 0.05) is 0 Å². The topological polar surface area (TPSA) is 95.9 Å². The molecule has 0 aliphatic carbocycles. The second-order valence-corrected chi connectivity index (χ2v) is 4.77. The van der Waals surface area contributed by atoms with Crippen molar-refractivity contribution in [2.24, 2.45) is 0 Å². The minimum atomic E-state index is -1.07. The normalized spacial score (nSPS) is 9.70. The van der Waals surface area contributed by atoms with Crippen LogP contribution < -0.4 is 5.32 Å². The number of carbonyl (C=O) groups excluding carboxylic acids is 2. The predicted octanol–water partition coefficient (Wildman–Crippen LogP) is 0.00760. The Kier molecular flexibility index (Phi) is 12.9. The number of rotatable bonds is 6. The van der Waals surface area contributed by atoms with Gasteiger partial charge in [0.15, 0.2) is 0 Å². The van der Waals surface area contributed by atoms with Crippen LogP contribution in [0.15, 0.2) is 0 Å². The molecule has 20 heavy (non-hydrogen) atoms. The predicted molar refractivity (Wildman–Crippen MR) is 70.3 cm³/mol. The largest absolute Gasteiger partial charge is 0.521 e. The number of ether oxygens (including phenoxy) is 1. The van der Waals surface area contributed by atoms with Gasteiger partial charge in [-0.15, -0.1) is 0 Å². The first-order chi connectivity index (χ1) is 8.62. The molecule has 0 aliphatic heterocycles. The van der Waals surface area contributed by atoms with E-state index < -0.39 is 5.97 Å². The summed E-state index contributed by atoms with van der Waals surface area (Å²) in [5.74, 6) is -1.23. The van der Waals surface area contributed by atoms with E-state index in [0.717, 1.165) is 6.54 Å². The number of nitrogens with one attached hydrogen (secondary N) is 1. The van der Waals surface area contributed by atoms with E-state index in [1.807, 2.05) is 45.0 Å². The van der Waals surface area contributed by atoms with Crippen molar-refractivity contribution in [3.8, 4) is 0 Å². The number of nitrogens with zero attached hydrogens (tertiary/aromatic N) is 1. The quantitative estimate of drug-likeness (QED) is 0.285. The molecular formula is C12H23FmN2O5-. The molecule has 1 amide bonds. The summed E-state index contributed by atoms with van der Waals surface area (Å²) in [6.45, 7) is 8.49. The molecule has 0 aromatic rings. The van der Waals surface area contributed by atoms with Gasteiger partial charge < -0.3 is 20.0 Å². The third-order valence-corrected chi connectivity index (χ3v) is 1.67. The van der Waals surface area contributed by atoms with E-state index in [1.54, 1.807) is 0 Å². The molecule has 0 bridgehead atoms. The molecule has 0 radical (unpaired) electrons. The maximum absolute atomic E-state index is 11.2. The van der Waals surface area contributed by atoms with Gasteiger partial charge >= 0.3 is 11.9 Å². The summed E-state index contributed by atoms with van der Waals surface area (Å²) in [6.07, 6.45) is 1.22. The molecule has 0 aromatic carbocycles. The Hall–Kier alpha value is -2.63. The van der Waals surface area contributed by atoms with Crippen LogP contribution >= 0.6 is 0 Å². The number of hydrogen-bond donors (Lipinski definition) is 2. The standard InChI is InChI=1S/C9H19NO2.C3H4NO3.Fm/c1-6-10(5)7-8(11)12-9(2,3)4;5-2-4-1-3(6)7;/h6-7H2,1-5H3;1H2,(H,4,5)(H,6,7);/q;-1;. The summed E-state index contributed by atoms with van der Waals surface area (Å²) in [7, 11) is 1.89. The van der Waals surface area contributed by atoms with Crippen molar-refractivity contribution in [2.45, 2.75) is 33.3 Å². The third kappa shape index (κ3) is 20.7. The molecule has 8 heteroatoms. The van der Waals surface area contributed by atoms with Gasteiger partial charge in [-0.2, -0.15) is 6.41 Å². The van der Waals surface area contributed by atoms with Crippen molar-refractivity contribution in [1.29, 1.82) is 0 Å². The molecule has 0 saturated carbocycles. The maximum atomic E-state index is 11.2. The zero-order valence-electron chi connectivity index (χ0n) is 12.4. The molecular weight excluding hydrogens is 509 g/mol. The van der Waals surface area contributed by atoms with Gasteiger partial charge in [0.2, 0.25) is 0 Å². The van der Waals surface area contributed by atoms with Gasteiger partial charge in [-0.3, -0.25) is 14.5 Å². The van der Waals surface area contributed by atoms with Gasteiger partial charge in [0.25, 0.3) is 0 Å². The molecule has 0 saturated heterocycles. The van der Waals surface area contributed by atoms with Crippen LogP contribution in [0.1, 0.15) is 27.7 Å². The van der Waals surface area contributed by atoms with Gasteiger partial charge in [0.05, 0.1) is 13.1 Å². The number of carboxylic acids is 1. The van der Waals surface area contributed by atoms with Crippen LogP contribution in [0.2, 0.25) is 0 Å². The number of carboxylic acid groups (broad SMARTS) is 1. The first-order valence-corrected chi connectivity index (χ1v) is 5.84. The number of esters is 1. The Balaban J connectivity index is -0.000000312. The van der Waals surface area contributed by atoms with Gasteiger partial charge in [-0.25, -0.2) is 0 Å². The molecule has 0 aliphatic rings. The summed E-state index contributed by atoms with van der Waals surface area (Å²) in [5.41, 5.74) is -0.369. The van der Waals surface area contributed by atoms with Crippen LogP contribution in [0.4, 0.5) is 0 Å². The summed E-state index contributed by atoms with van der Waals surface area (Å²) >= 11 is 0. The molecule has 7 nitrogen and oxygen atoms in total. The van der Waals surface area contributed by atoms with Crippen molar-refractivity contribution in [1.82, 2.24) is 10.2 Å². The van der Waals surface area contributed by atoms with Crippen molar-refractivity contribution in [2.75, 3.05) is 26.7 Å². The third-order valence-electron chi connectivity index (χ3n) is 1.67. The average Bonchev–Trinajstić information content (AvgIpc) is 2.24. The van der Waals surface area contributed by atoms with Crippen molar-refractivity contribution >= 4 is 18.3 Å². The SMILES string of the molecule is CCN(C)CC(=O)OC(C)(C)C.O=[C-]NCC(=O)O.[Fm]. The number of aliphatic carboxylic acids is 1. The van der Waals surface area contributed by atoms with E-state index >= 15 is 0 Å². The fourth-order valence-electron chi connectivity index (χ4n) is 0.818. The maximum Gasteiger partial charge on any atom is 0.320 e. The summed E-state index contributed by atoms with van der Waals surface area (Å²) in [4.78, 5) is 31.8. The average molecular weight is 532 g/mol. The number of likely N-dealkylation sites (N-methyl/N-ethyl adjacent to an activating group) is 1. The van der Waals surface area contributed by atoms with E-state index in [-0.39, 0.29) is 18.1 Å². The molecule has 0 heterocycles. The van der Waals surface area contributed by atoms with E-state index in [4.69, 9.17) is 9.84 Å². The van der Waals surface area contributed by atoms with Gasteiger partial charge in [-0.05, 0) is 34.4 Å². The second kappa shape index (κ2) is 11.5. The van der Waals surface area contributed by atoms with Crippen molar-refractivity contribution in [3.63, 3.8) is 0 Å². The Bertz CT molecular complexity index is 292. The first kappa shape index (κ1) is 22.5. The summed E-state index contributed by atoms with van der Waals surface area (Å²) in [5, 5.41) is 9.65. The fraction of sp³-hybridized carbons (Fsp3) is 0.750. The van der Waals surface area contributed by atoms with Crippen LogP contribution in [0.25, 0.3) is 0 Å². The Morgan fingerprint density at radius 3 is 2.10 bits per heavy atom. The fourth-order valence-corrected chi connectivity index (χ4v) is 0.818. The van der Waals surface area contributed by atoms with Crippen LogP contribution in [-0.2, 0) is 19.1 Å². The van der Waals surface area contributed by atoms with Crippen LogP contribution in [0.5, 0.6) is 0 Å². The van der Waals surface area contributed by atoms with Crippen molar-refractivity contribution in [3.05, 3.63) is 0 Å². The summed E-state index contributed by atoms with van der Waals surface area (Å²) < 4.78 is 5.13.